The minimum Gasteiger partial charge on any atom is -0.294 e. The van der Waals surface area contributed by atoms with Crippen molar-refractivity contribution >= 4 is 28.6 Å². The summed E-state index contributed by atoms with van der Waals surface area (Å²) in [5.41, 5.74) is 4.94. The average Bonchev–Trinajstić information content (AvgIpc) is 2.75. The molecule has 0 saturated heterocycles. The molecule has 1 aliphatic rings. The van der Waals surface area contributed by atoms with E-state index in [9.17, 15) is 9.18 Å². The molecule has 2 heterocycles. The summed E-state index contributed by atoms with van der Waals surface area (Å²) < 4.78 is 13.3. The molecule has 2 aromatic heterocycles. The summed E-state index contributed by atoms with van der Waals surface area (Å²) in [7, 11) is 0. The number of hydrogen-bond acceptors (Lipinski definition) is 6. The first-order valence-corrected chi connectivity index (χ1v) is 10.1. The lowest BCUT2D eigenvalue weighted by Crippen LogP contribution is -2.21. The van der Waals surface area contributed by atoms with Crippen molar-refractivity contribution in [3.05, 3.63) is 82.6 Å². The highest BCUT2D eigenvalue weighted by Gasteiger charge is 2.28. The quantitative estimate of drug-likeness (QED) is 0.518. The van der Waals surface area contributed by atoms with E-state index in [-0.39, 0.29) is 17.5 Å². The molecular formula is C24H20FN5O. The second-order valence-corrected chi connectivity index (χ2v) is 7.86. The van der Waals surface area contributed by atoms with Crippen LogP contribution < -0.4 is 5.32 Å². The summed E-state index contributed by atoms with van der Waals surface area (Å²) in [5, 5.41) is 4.09. The SMILES string of the molecule is Cc1nc(Nc2ncc3c(n2)C[C@@H](c2ccc(F)cc2)CC3=O)nc2c(C)cccc12. The van der Waals surface area contributed by atoms with Crippen LogP contribution in [0.15, 0.2) is 48.7 Å². The van der Waals surface area contributed by atoms with Gasteiger partial charge in [0, 0.05) is 18.0 Å². The summed E-state index contributed by atoms with van der Waals surface area (Å²) in [5.74, 6) is 0.428. The first-order valence-electron chi connectivity index (χ1n) is 10.1. The molecule has 0 amide bonds. The van der Waals surface area contributed by atoms with Crippen LogP contribution in [-0.2, 0) is 6.42 Å². The predicted molar refractivity (Wildman–Crippen MR) is 116 cm³/mol. The van der Waals surface area contributed by atoms with Crippen LogP contribution in [0.1, 0.15) is 45.2 Å². The molecule has 1 N–H and O–H groups in total. The first-order chi connectivity index (χ1) is 15.0. The maximum Gasteiger partial charge on any atom is 0.230 e. The smallest absolute Gasteiger partial charge is 0.230 e. The molecular weight excluding hydrogens is 393 g/mol. The van der Waals surface area contributed by atoms with Crippen molar-refractivity contribution in [1.82, 2.24) is 19.9 Å². The third-order valence-electron chi connectivity index (χ3n) is 5.72. The molecule has 1 aliphatic carbocycles. The minimum absolute atomic E-state index is 0.00412. The van der Waals surface area contributed by atoms with Crippen LogP contribution in [0, 0.1) is 19.7 Å². The third-order valence-corrected chi connectivity index (χ3v) is 5.72. The van der Waals surface area contributed by atoms with Crippen LogP contribution in [0.25, 0.3) is 10.9 Å². The fourth-order valence-electron chi connectivity index (χ4n) is 4.08. The maximum absolute atomic E-state index is 13.3. The van der Waals surface area contributed by atoms with E-state index in [1.807, 2.05) is 32.0 Å². The predicted octanol–water partition coefficient (Wildman–Crippen LogP) is 4.83. The number of nitrogens with zero attached hydrogens (tertiary/aromatic N) is 4. The van der Waals surface area contributed by atoms with Crippen LogP contribution in [0.2, 0.25) is 0 Å². The Morgan fingerprint density at radius 2 is 1.77 bits per heavy atom. The van der Waals surface area contributed by atoms with Gasteiger partial charge in [-0.3, -0.25) is 10.1 Å². The van der Waals surface area contributed by atoms with Crippen molar-refractivity contribution < 1.29 is 9.18 Å². The molecule has 2 aromatic carbocycles. The Balaban J connectivity index is 1.46. The van der Waals surface area contributed by atoms with Crippen molar-refractivity contribution in [2.75, 3.05) is 5.32 Å². The minimum atomic E-state index is -0.291. The number of aryl methyl sites for hydroxylation is 2. The molecule has 0 bridgehead atoms. The number of aromatic nitrogens is 4. The molecule has 4 aromatic rings. The molecule has 1 atom stereocenters. The van der Waals surface area contributed by atoms with Gasteiger partial charge in [0.1, 0.15) is 5.82 Å². The summed E-state index contributed by atoms with van der Waals surface area (Å²) in [6.07, 6.45) is 2.51. The lowest BCUT2D eigenvalue weighted by Gasteiger charge is -2.23. The number of ketones is 1. The zero-order chi connectivity index (χ0) is 21.5. The van der Waals surface area contributed by atoms with Gasteiger partial charge in [0.25, 0.3) is 0 Å². The zero-order valence-electron chi connectivity index (χ0n) is 17.2. The molecule has 7 heteroatoms. The van der Waals surface area contributed by atoms with Gasteiger partial charge in [-0.05, 0) is 49.4 Å². The second kappa shape index (κ2) is 7.50. The number of carbonyl (C=O) groups excluding carboxylic acids is 1. The van der Waals surface area contributed by atoms with Gasteiger partial charge in [0.2, 0.25) is 11.9 Å². The molecule has 0 radical (unpaired) electrons. The van der Waals surface area contributed by atoms with Gasteiger partial charge in [-0.25, -0.2) is 24.3 Å². The van der Waals surface area contributed by atoms with Crippen molar-refractivity contribution in [2.24, 2.45) is 0 Å². The topological polar surface area (TPSA) is 80.7 Å². The molecule has 6 nitrogen and oxygen atoms in total. The number of hydrogen-bond donors (Lipinski definition) is 1. The third kappa shape index (κ3) is 3.63. The van der Waals surface area contributed by atoms with E-state index in [0.717, 1.165) is 27.7 Å². The number of halogens is 1. The van der Waals surface area contributed by atoms with Crippen molar-refractivity contribution in [1.29, 1.82) is 0 Å². The number of benzene rings is 2. The maximum atomic E-state index is 13.3. The Labute approximate surface area is 178 Å². The van der Waals surface area contributed by atoms with E-state index in [4.69, 9.17) is 0 Å². The van der Waals surface area contributed by atoms with E-state index in [2.05, 4.69) is 25.3 Å². The monoisotopic (exact) mass is 413 g/mol. The highest BCUT2D eigenvalue weighted by molar-refractivity contribution is 5.98. The summed E-state index contributed by atoms with van der Waals surface area (Å²) in [4.78, 5) is 30.7. The van der Waals surface area contributed by atoms with Gasteiger partial charge in [0.05, 0.1) is 22.5 Å². The number of para-hydroxylation sites is 1. The molecule has 31 heavy (non-hydrogen) atoms. The van der Waals surface area contributed by atoms with E-state index in [1.165, 1.54) is 12.1 Å². The number of fused-ring (bicyclic) bond motifs is 2. The van der Waals surface area contributed by atoms with E-state index in [0.29, 0.717) is 36.0 Å². The van der Waals surface area contributed by atoms with Gasteiger partial charge in [0.15, 0.2) is 5.78 Å². The Kier molecular flexibility index (Phi) is 4.66. The molecule has 5 rings (SSSR count). The van der Waals surface area contributed by atoms with Crippen LogP contribution in [0.3, 0.4) is 0 Å². The highest BCUT2D eigenvalue weighted by Crippen LogP contribution is 2.32. The number of Topliss-reactive ketones (excluding diaryl/α,β-unsaturated/α-hetero) is 1. The first kappa shape index (κ1) is 19.2. The van der Waals surface area contributed by atoms with Crippen molar-refractivity contribution in [2.45, 2.75) is 32.6 Å². The summed E-state index contributed by atoms with van der Waals surface area (Å²) >= 11 is 0. The van der Waals surface area contributed by atoms with E-state index < -0.39 is 0 Å². The lowest BCUT2D eigenvalue weighted by molar-refractivity contribution is 0.0962. The van der Waals surface area contributed by atoms with Crippen LogP contribution in [0.5, 0.6) is 0 Å². The average molecular weight is 413 g/mol. The van der Waals surface area contributed by atoms with Gasteiger partial charge < -0.3 is 0 Å². The standard InChI is InChI=1S/C24H20FN5O/c1-13-4-3-5-18-14(2)27-24(29-22(13)18)30-23-26-12-19-20(28-23)10-16(11-21(19)31)15-6-8-17(25)9-7-15/h3-9,12,16H,10-11H2,1-2H3,(H,26,27,28,29,30)/t16-/m1/s1. The summed E-state index contributed by atoms with van der Waals surface area (Å²) in [6.45, 7) is 3.95. The Hall–Kier alpha value is -3.74. The molecule has 0 aliphatic heterocycles. The van der Waals surface area contributed by atoms with Gasteiger partial charge >= 0.3 is 0 Å². The number of carbonyl (C=O) groups is 1. The van der Waals surface area contributed by atoms with Gasteiger partial charge in [-0.1, -0.05) is 30.3 Å². The largest absolute Gasteiger partial charge is 0.294 e. The molecule has 0 spiro atoms. The van der Waals surface area contributed by atoms with E-state index >= 15 is 0 Å². The Morgan fingerprint density at radius 3 is 2.58 bits per heavy atom. The number of rotatable bonds is 3. The van der Waals surface area contributed by atoms with Crippen LogP contribution in [0.4, 0.5) is 16.3 Å². The summed E-state index contributed by atoms with van der Waals surface area (Å²) in [6, 6.07) is 12.3. The van der Waals surface area contributed by atoms with Gasteiger partial charge in [-0.2, -0.15) is 0 Å². The van der Waals surface area contributed by atoms with Crippen molar-refractivity contribution in [3.63, 3.8) is 0 Å². The fourth-order valence-corrected chi connectivity index (χ4v) is 4.08. The molecule has 0 saturated carbocycles. The number of nitrogens with one attached hydrogen (secondary N) is 1. The molecule has 0 unspecified atom stereocenters. The Bertz CT molecular complexity index is 1320. The van der Waals surface area contributed by atoms with Gasteiger partial charge in [-0.15, -0.1) is 0 Å². The van der Waals surface area contributed by atoms with E-state index in [1.54, 1.807) is 18.3 Å². The molecule has 0 fully saturated rings. The lowest BCUT2D eigenvalue weighted by atomic mass is 9.82. The highest BCUT2D eigenvalue weighted by atomic mass is 19.1. The zero-order valence-corrected chi connectivity index (χ0v) is 17.2. The normalized spacial score (nSPS) is 15.7. The fraction of sp³-hybridized carbons (Fsp3) is 0.208. The Morgan fingerprint density at radius 1 is 0.968 bits per heavy atom. The number of anilines is 2. The van der Waals surface area contributed by atoms with Crippen molar-refractivity contribution in [3.8, 4) is 0 Å². The molecule has 154 valence electrons. The van der Waals surface area contributed by atoms with Crippen LogP contribution in [-0.4, -0.2) is 25.7 Å². The van der Waals surface area contributed by atoms with Crippen LogP contribution >= 0.6 is 0 Å². The second-order valence-electron chi connectivity index (χ2n) is 7.86.